The van der Waals surface area contributed by atoms with Crippen molar-refractivity contribution in [1.29, 1.82) is 0 Å². The molecular weight excluding hydrogens is 266 g/mol. The molecule has 1 aromatic rings. The van der Waals surface area contributed by atoms with Crippen molar-refractivity contribution in [3.63, 3.8) is 0 Å². The highest BCUT2D eigenvalue weighted by atomic mass is 32.3. The first-order chi connectivity index (χ1) is 7.65. The molecule has 0 bridgehead atoms. The molecule has 0 fully saturated rings. The Balaban J connectivity index is 3.15. The van der Waals surface area contributed by atoms with Crippen molar-refractivity contribution in [2.24, 2.45) is 0 Å². The fourth-order valence-corrected chi connectivity index (χ4v) is 3.58. The number of rotatable bonds is 4. The van der Waals surface area contributed by atoms with Crippen LogP contribution in [0.4, 0.5) is 5.69 Å². The number of nitrogens with two attached hydrogens (primary N) is 1. The second-order valence-electron chi connectivity index (χ2n) is 3.45. The normalized spacial score (nSPS) is 12.9. The zero-order chi connectivity index (χ0) is 13.3. The van der Waals surface area contributed by atoms with Gasteiger partial charge in [-0.05, 0) is 18.2 Å². The van der Waals surface area contributed by atoms with Crippen LogP contribution in [-0.2, 0) is 20.2 Å². The summed E-state index contributed by atoms with van der Waals surface area (Å²) in [6.07, 6.45) is 0. The predicted molar refractivity (Wildman–Crippen MR) is 63.8 cm³/mol. The lowest BCUT2D eigenvalue weighted by Gasteiger charge is -2.12. The zero-order valence-electron chi connectivity index (χ0n) is 9.28. The van der Waals surface area contributed by atoms with Crippen LogP contribution in [0.5, 0.6) is 0 Å². The topological polar surface area (TPSA) is 110 Å². The molecule has 3 N–H and O–H groups in total. The van der Waals surface area contributed by atoms with Gasteiger partial charge in [-0.2, -0.15) is 12.7 Å². The number of sulfonamides is 1. The summed E-state index contributed by atoms with van der Waals surface area (Å²) in [5, 5.41) is 0. The molecule has 1 rings (SSSR count). The molecule has 1 aromatic carbocycles. The number of anilines is 1. The van der Waals surface area contributed by atoms with Crippen molar-refractivity contribution in [3.8, 4) is 0 Å². The fourth-order valence-electron chi connectivity index (χ4n) is 0.943. The zero-order valence-corrected chi connectivity index (χ0v) is 10.9. The van der Waals surface area contributed by atoms with Crippen molar-refractivity contribution in [2.75, 3.05) is 19.8 Å². The second-order valence-corrected chi connectivity index (χ2v) is 7.27. The van der Waals surface area contributed by atoms with Gasteiger partial charge in [-0.25, -0.2) is 8.42 Å². The first-order valence-corrected chi connectivity index (χ1v) is 7.39. The van der Waals surface area contributed by atoms with Crippen LogP contribution in [-0.4, -0.2) is 35.2 Å². The van der Waals surface area contributed by atoms with Crippen molar-refractivity contribution < 1.29 is 16.8 Å². The Morgan fingerprint density at radius 2 is 1.76 bits per heavy atom. The van der Waals surface area contributed by atoms with E-state index in [1.54, 1.807) is 4.13 Å². The van der Waals surface area contributed by atoms with Crippen molar-refractivity contribution in [3.05, 3.63) is 24.3 Å². The van der Waals surface area contributed by atoms with Crippen molar-refractivity contribution in [1.82, 2.24) is 8.43 Å². The Hall–Kier alpha value is -1.16. The van der Waals surface area contributed by atoms with Crippen molar-refractivity contribution >= 4 is 25.9 Å². The van der Waals surface area contributed by atoms with Gasteiger partial charge >= 0.3 is 0 Å². The molecule has 0 aromatic heterocycles. The molecule has 0 atom stereocenters. The smallest absolute Gasteiger partial charge is 0.292 e. The summed E-state index contributed by atoms with van der Waals surface area (Å²) < 4.78 is 48.6. The highest BCUT2D eigenvalue weighted by Gasteiger charge is 2.24. The second kappa shape index (κ2) is 4.61. The Labute approximate surface area is 100 Å². The van der Waals surface area contributed by atoms with E-state index in [4.69, 9.17) is 5.73 Å². The molecule has 17 heavy (non-hydrogen) atoms. The summed E-state index contributed by atoms with van der Waals surface area (Å²) in [7, 11) is -5.77. The number of nitrogens with zero attached hydrogens (tertiary/aromatic N) is 1. The number of nitrogen functional groups attached to an aromatic ring is 1. The summed E-state index contributed by atoms with van der Waals surface area (Å²) in [4.78, 5) is -0.206. The maximum Gasteiger partial charge on any atom is 0.292 e. The van der Waals surface area contributed by atoms with Gasteiger partial charge in [0, 0.05) is 19.8 Å². The summed E-state index contributed by atoms with van der Waals surface area (Å²) in [5.74, 6) is 0. The fraction of sp³-hybridized carbons (Fsp3) is 0.250. The first-order valence-electron chi connectivity index (χ1n) is 4.47. The van der Waals surface area contributed by atoms with Gasteiger partial charge in [0.05, 0.1) is 4.90 Å². The van der Waals surface area contributed by atoms with E-state index in [1.807, 2.05) is 0 Å². The summed E-state index contributed by atoms with van der Waals surface area (Å²) in [5.41, 5.74) is 5.66. The van der Waals surface area contributed by atoms with E-state index in [-0.39, 0.29) is 10.6 Å². The van der Waals surface area contributed by atoms with Crippen LogP contribution in [0.2, 0.25) is 0 Å². The lowest BCUT2D eigenvalue weighted by molar-refractivity contribution is 0.514. The molecule has 0 saturated heterocycles. The van der Waals surface area contributed by atoms with Crippen LogP contribution in [0.15, 0.2) is 29.2 Å². The van der Waals surface area contributed by atoms with Crippen LogP contribution >= 0.6 is 0 Å². The summed E-state index contributed by atoms with van der Waals surface area (Å²) in [6, 6.07) is 5.35. The Morgan fingerprint density at radius 1 is 1.18 bits per heavy atom. The molecule has 7 nitrogen and oxygen atoms in total. The van der Waals surface area contributed by atoms with Gasteiger partial charge in [0.15, 0.2) is 0 Å². The Kier molecular flexibility index (Phi) is 3.77. The van der Waals surface area contributed by atoms with Gasteiger partial charge in [-0.15, -0.1) is 0 Å². The molecule has 0 aliphatic rings. The van der Waals surface area contributed by atoms with Crippen LogP contribution in [0.3, 0.4) is 0 Å². The maximum atomic E-state index is 11.7. The van der Waals surface area contributed by atoms with Crippen LogP contribution in [0.1, 0.15) is 0 Å². The average Bonchev–Trinajstić information content (AvgIpc) is 2.15. The molecular formula is C8H13N3O4S2. The largest absolute Gasteiger partial charge is 0.399 e. The quantitative estimate of drug-likeness (QED) is 0.712. The molecule has 0 unspecified atom stereocenters. The molecule has 0 spiro atoms. The number of hydrogen-bond acceptors (Lipinski definition) is 5. The van der Waals surface area contributed by atoms with Gasteiger partial charge in [-0.1, -0.05) is 10.2 Å². The Bertz CT molecular complexity index is 607. The maximum absolute atomic E-state index is 11.7. The van der Waals surface area contributed by atoms with E-state index in [9.17, 15) is 16.8 Å². The highest BCUT2D eigenvalue weighted by molar-refractivity contribution is 8.03. The highest BCUT2D eigenvalue weighted by Crippen LogP contribution is 2.13. The van der Waals surface area contributed by atoms with Crippen molar-refractivity contribution in [2.45, 2.75) is 4.90 Å². The number of hydrogen-bond donors (Lipinski definition) is 2. The molecule has 0 aliphatic carbocycles. The number of benzene rings is 1. The van der Waals surface area contributed by atoms with Gasteiger partial charge in [-0.3, -0.25) is 0 Å². The third kappa shape index (κ3) is 3.40. The standard InChI is InChI=1S/C8H13N3O4S2/c1-11(2)17(14,15)10-16(12,13)8-5-3-4-7(9)6-8/h3-6,10H,9H2,1-2H3. The van der Waals surface area contributed by atoms with Gasteiger partial charge in [0.25, 0.3) is 20.2 Å². The minimum absolute atomic E-state index is 0.206. The van der Waals surface area contributed by atoms with E-state index in [0.29, 0.717) is 0 Å². The summed E-state index contributed by atoms with van der Waals surface area (Å²) >= 11 is 0. The third-order valence-electron chi connectivity index (χ3n) is 1.86. The molecule has 0 amide bonds. The van der Waals surface area contributed by atoms with E-state index in [2.05, 4.69) is 0 Å². The Morgan fingerprint density at radius 3 is 2.24 bits per heavy atom. The number of nitrogens with one attached hydrogen (secondary N) is 1. The third-order valence-corrected chi connectivity index (χ3v) is 5.42. The van der Waals surface area contributed by atoms with Crippen LogP contribution in [0.25, 0.3) is 0 Å². The SMILES string of the molecule is CN(C)S(=O)(=O)NS(=O)(=O)c1cccc(N)c1. The lowest BCUT2D eigenvalue weighted by atomic mass is 10.3. The lowest BCUT2D eigenvalue weighted by Crippen LogP contribution is -2.39. The molecule has 0 saturated carbocycles. The van der Waals surface area contributed by atoms with E-state index in [1.165, 1.54) is 38.4 Å². The monoisotopic (exact) mass is 279 g/mol. The van der Waals surface area contributed by atoms with Crippen LogP contribution in [0, 0.1) is 0 Å². The van der Waals surface area contributed by atoms with Gasteiger partial charge < -0.3 is 5.73 Å². The molecule has 0 heterocycles. The first kappa shape index (κ1) is 13.9. The minimum Gasteiger partial charge on any atom is -0.399 e. The van der Waals surface area contributed by atoms with E-state index in [0.717, 1.165) is 4.31 Å². The molecule has 96 valence electrons. The minimum atomic E-state index is -4.15. The van der Waals surface area contributed by atoms with Crippen LogP contribution < -0.4 is 9.86 Å². The van der Waals surface area contributed by atoms with Gasteiger partial charge in [0.1, 0.15) is 0 Å². The average molecular weight is 279 g/mol. The molecule has 0 radical (unpaired) electrons. The van der Waals surface area contributed by atoms with E-state index >= 15 is 0 Å². The predicted octanol–water partition coefficient (Wildman–Crippen LogP) is -0.646. The summed E-state index contributed by atoms with van der Waals surface area (Å²) in [6.45, 7) is 0. The molecule has 0 aliphatic heterocycles. The van der Waals surface area contributed by atoms with E-state index < -0.39 is 20.2 Å². The van der Waals surface area contributed by atoms with Gasteiger partial charge in [0.2, 0.25) is 0 Å². The molecule has 9 heteroatoms.